The topological polar surface area (TPSA) is 9.23 Å². The number of allylic oxidation sites excluding steroid dienone is 6. The maximum absolute atomic E-state index is 5.88. The van der Waals surface area contributed by atoms with Gasteiger partial charge in [-0.05, 0) is 90.9 Å². The molecule has 0 heterocycles. The minimum absolute atomic E-state index is 0.760. The van der Waals surface area contributed by atoms with Crippen LogP contribution in [0.3, 0.4) is 0 Å². The van der Waals surface area contributed by atoms with Gasteiger partial charge in [0.1, 0.15) is 0 Å². The van der Waals surface area contributed by atoms with Crippen molar-refractivity contribution in [3.63, 3.8) is 0 Å². The first-order chi connectivity index (χ1) is 22.2. The Morgan fingerprint density at radius 1 is 0.356 bits per heavy atom. The second-order valence-electron chi connectivity index (χ2n) is 14.0. The van der Waals surface area contributed by atoms with Crippen LogP contribution in [-0.4, -0.2) is 13.2 Å². The molecule has 0 aromatic rings. The average Bonchev–Trinajstić information content (AvgIpc) is 3.04. The molecule has 0 unspecified atom stereocenters. The molecule has 0 radical (unpaired) electrons. The summed E-state index contributed by atoms with van der Waals surface area (Å²) < 4.78 is 5.88. The highest BCUT2D eigenvalue weighted by Crippen LogP contribution is 2.15. The quantitative estimate of drug-likeness (QED) is 0.0496. The van der Waals surface area contributed by atoms with Gasteiger partial charge in [0.05, 0.1) is 13.2 Å². The summed E-state index contributed by atoms with van der Waals surface area (Å²) in [7, 11) is 0. The zero-order chi connectivity index (χ0) is 32.7. The lowest BCUT2D eigenvalue weighted by atomic mass is 10.0. The highest BCUT2D eigenvalue weighted by molar-refractivity contribution is 5.00. The zero-order valence-electron chi connectivity index (χ0n) is 31.5. The number of hydrogen-bond donors (Lipinski definition) is 0. The van der Waals surface area contributed by atoms with Crippen LogP contribution >= 0.6 is 0 Å². The third kappa shape index (κ3) is 39.0. The summed E-state index contributed by atoms with van der Waals surface area (Å²) in [6, 6.07) is 0. The molecule has 0 atom stereocenters. The first-order valence-corrected chi connectivity index (χ1v) is 20.4. The normalized spacial score (nSPS) is 12.8. The van der Waals surface area contributed by atoms with Gasteiger partial charge in [-0.2, -0.15) is 0 Å². The van der Waals surface area contributed by atoms with E-state index in [-0.39, 0.29) is 0 Å². The largest absolute Gasteiger partial charge is 0.373 e. The monoisotopic (exact) mass is 627 g/mol. The lowest BCUT2D eigenvalue weighted by molar-refractivity contribution is 0.192. The Morgan fingerprint density at radius 2 is 0.622 bits per heavy atom. The third-order valence-corrected chi connectivity index (χ3v) is 9.27. The minimum Gasteiger partial charge on any atom is -0.373 e. The molecular formula is C44H82O. The molecule has 0 saturated carbocycles. The van der Waals surface area contributed by atoms with Crippen molar-refractivity contribution >= 4 is 0 Å². The second-order valence-corrected chi connectivity index (χ2v) is 14.0. The molecule has 0 amide bonds. The highest BCUT2D eigenvalue weighted by Gasteiger charge is 1.96. The van der Waals surface area contributed by atoms with Crippen LogP contribution in [0.1, 0.15) is 220 Å². The summed E-state index contributed by atoms with van der Waals surface area (Å²) >= 11 is 0. The average molecular weight is 627 g/mol. The van der Waals surface area contributed by atoms with E-state index in [1.807, 2.05) is 0 Å². The predicted molar refractivity (Wildman–Crippen MR) is 206 cm³/mol. The van der Waals surface area contributed by atoms with Crippen molar-refractivity contribution in [1.29, 1.82) is 0 Å². The van der Waals surface area contributed by atoms with Crippen molar-refractivity contribution < 1.29 is 4.74 Å². The predicted octanol–water partition coefficient (Wildman–Crippen LogP) is 15.8. The second kappa shape index (κ2) is 39.1. The van der Waals surface area contributed by atoms with Gasteiger partial charge in [-0.15, -0.1) is 0 Å². The van der Waals surface area contributed by atoms with Gasteiger partial charge in [0.2, 0.25) is 0 Å². The molecular weight excluding hydrogens is 544 g/mol. The first-order valence-electron chi connectivity index (χ1n) is 20.4. The van der Waals surface area contributed by atoms with E-state index in [0.717, 1.165) is 13.2 Å². The molecule has 264 valence electrons. The van der Waals surface area contributed by atoms with Crippen LogP contribution < -0.4 is 0 Å². The van der Waals surface area contributed by atoms with Crippen LogP contribution in [0, 0.1) is 0 Å². The molecule has 0 spiro atoms. The van der Waals surface area contributed by atoms with Gasteiger partial charge >= 0.3 is 0 Å². The van der Waals surface area contributed by atoms with Crippen LogP contribution in [0.25, 0.3) is 0 Å². The van der Waals surface area contributed by atoms with E-state index < -0.39 is 0 Å². The molecule has 1 heteroatoms. The maximum Gasteiger partial charge on any atom is 0.0654 e. The fraction of sp³-hybridized carbons (Fsp3) is 0.818. The smallest absolute Gasteiger partial charge is 0.0654 e. The van der Waals surface area contributed by atoms with E-state index in [1.54, 1.807) is 0 Å². The van der Waals surface area contributed by atoms with Crippen LogP contribution in [-0.2, 0) is 4.74 Å². The SMILES string of the molecule is CCCCCCCC/C=C\CCCCCCCCC(C)=CCOCC=C(C)CCCCCCCC/C=C\CCCCCCCC. The summed E-state index contributed by atoms with van der Waals surface area (Å²) in [5, 5.41) is 0. The van der Waals surface area contributed by atoms with E-state index in [0.29, 0.717) is 0 Å². The van der Waals surface area contributed by atoms with Gasteiger partial charge in [-0.25, -0.2) is 0 Å². The molecule has 0 aliphatic carbocycles. The van der Waals surface area contributed by atoms with Crippen molar-refractivity contribution in [3.8, 4) is 0 Å². The van der Waals surface area contributed by atoms with Crippen LogP contribution in [0.2, 0.25) is 0 Å². The molecule has 0 aliphatic heterocycles. The molecule has 0 rings (SSSR count). The van der Waals surface area contributed by atoms with Gasteiger partial charge in [-0.3, -0.25) is 0 Å². The molecule has 0 fully saturated rings. The molecule has 0 aromatic carbocycles. The van der Waals surface area contributed by atoms with Crippen molar-refractivity contribution in [3.05, 3.63) is 47.6 Å². The fourth-order valence-corrected chi connectivity index (χ4v) is 5.98. The van der Waals surface area contributed by atoms with Gasteiger partial charge in [-0.1, -0.05) is 177 Å². The Kier molecular flexibility index (Phi) is 38.2. The van der Waals surface area contributed by atoms with Gasteiger partial charge in [0.25, 0.3) is 0 Å². The third-order valence-electron chi connectivity index (χ3n) is 9.27. The summed E-state index contributed by atoms with van der Waals surface area (Å²) in [5.41, 5.74) is 2.99. The Labute approximate surface area is 285 Å². The van der Waals surface area contributed by atoms with Gasteiger partial charge < -0.3 is 4.74 Å². The Balaban J connectivity index is 3.44. The summed E-state index contributed by atoms with van der Waals surface area (Å²) in [4.78, 5) is 0. The number of hydrogen-bond acceptors (Lipinski definition) is 1. The first kappa shape index (κ1) is 43.9. The van der Waals surface area contributed by atoms with E-state index in [2.05, 4.69) is 64.2 Å². The zero-order valence-corrected chi connectivity index (χ0v) is 31.5. The number of rotatable bonds is 36. The van der Waals surface area contributed by atoms with Crippen molar-refractivity contribution in [2.45, 2.75) is 220 Å². The molecule has 0 bridgehead atoms. The van der Waals surface area contributed by atoms with Crippen LogP contribution in [0.4, 0.5) is 0 Å². The summed E-state index contributed by atoms with van der Waals surface area (Å²) in [6.45, 7) is 10.7. The standard InChI is InChI=1S/C44H82O/c1-5-7-9-11-13-15-17-19-21-23-25-27-29-31-33-35-37-43(3)39-41-45-42-40-44(4)38-36-34-32-30-28-26-24-22-20-18-16-14-12-10-8-6-2/h19-22,39-40H,5-18,23-38,41-42H2,1-4H3/b21-19-,22-20-,43-39?,44-40?. The van der Waals surface area contributed by atoms with E-state index >= 15 is 0 Å². The molecule has 0 N–H and O–H groups in total. The van der Waals surface area contributed by atoms with E-state index in [1.165, 1.54) is 204 Å². The summed E-state index contributed by atoms with van der Waals surface area (Å²) in [6.07, 6.45) is 55.3. The van der Waals surface area contributed by atoms with Gasteiger partial charge in [0, 0.05) is 0 Å². The van der Waals surface area contributed by atoms with Crippen LogP contribution in [0.15, 0.2) is 47.6 Å². The van der Waals surface area contributed by atoms with Crippen molar-refractivity contribution in [1.82, 2.24) is 0 Å². The minimum atomic E-state index is 0.760. The van der Waals surface area contributed by atoms with E-state index in [4.69, 9.17) is 4.74 Å². The number of unbranched alkanes of at least 4 members (excludes halogenated alkanes) is 24. The fourth-order valence-electron chi connectivity index (χ4n) is 5.98. The van der Waals surface area contributed by atoms with E-state index in [9.17, 15) is 0 Å². The number of ether oxygens (including phenoxy) is 1. The molecule has 0 saturated heterocycles. The maximum atomic E-state index is 5.88. The molecule has 1 nitrogen and oxygen atoms in total. The van der Waals surface area contributed by atoms with Gasteiger partial charge in [0.15, 0.2) is 0 Å². The molecule has 0 aliphatic rings. The molecule has 45 heavy (non-hydrogen) atoms. The lowest BCUT2D eigenvalue weighted by Crippen LogP contribution is -1.94. The lowest BCUT2D eigenvalue weighted by Gasteiger charge is -2.04. The Hall–Kier alpha value is -1.08. The van der Waals surface area contributed by atoms with Crippen molar-refractivity contribution in [2.24, 2.45) is 0 Å². The Morgan fingerprint density at radius 3 is 0.933 bits per heavy atom. The Bertz CT molecular complexity index is 623. The van der Waals surface area contributed by atoms with Crippen molar-refractivity contribution in [2.75, 3.05) is 13.2 Å². The summed E-state index contributed by atoms with van der Waals surface area (Å²) in [5.74, 6) is 0. The van der Waals surface area contributed by atoms with Crippen LogP contribution in [0.5, 0.6) is 0 Å². The highest BCUT2D eigenvalue weighted by atomic mass is 16.5. The molecule has 0 aromatic heterocycles.